The third-order valence-electron chi connectivity index (χ3n) is 3.22. The van der Waals surface area contributed by atoms with Gasteiger partial charge in [-0.2, -0.15) is 0 Å². The fourth-order valence-corrected chi connectivity index (χ4v) is 2.44. The largest absolute Gasteiger partial charge is 0.376 e. The van der Waals surface area contributed by atoms with Gasteiger partial charge in [0.05, 0.1) is 17.8 Å². The molecule has 0 aromatic heterocycles. The van der Waals surface area contributed by atoms with E-state index >= 15 is 0 Å². The average Bonchev–Trinajstić information content (AvgIpc) is 2.80. The zero-order chi connectivity index (χ0) is 11.8. The number of anilines is 1. The zero-order valence-corrected chi connectivity index (χ0v) is 9.20. The summed E-state index contributed by atoms with van der Waals surface area (Å²) in [6.45, 7) is 0.723. The predicted molar refractivity (Wildman–Crippen MR) is 60.3 cm³/mol. The van der Waals surface area contributed by atoms with Crippen molar-refractivity contribution >= 4 is 11.7 Å². The van der Waals surface area contributed by atoms with E-state index in [4.69, 9.17) is 4.74 Å². The fourth-order valence-electron chi connectivity index (χ4n) is 2.44. The van der Waals surface area contributed by atoms with Crippen molar-refractivity contribution in [2.75, 3.05) is 11.9 Å². The minimum atomic E-state index is -0.350. The topological polar surface area (TPSA) is 50.4 Å². The Kier molecular flexibility index (Phi) is 2.48. The highest BCUT2D eigenvalue weighted by molar-refractivity contribution is 5.93. The molecule has 0 aliphatic carbocycles. The van der Waals surface area contributed by atoms with E-state index in [1.807, 2.05) is 0 Å². The Morgan fingerprint density at radius 2 is 2.29 bits per heavy atom. The van der Waals surface area contributed by atoms with Crippen LogP contribution in [0.2, 0.25) is 0 Å². The van der Waals surface area contributed by atoms with Crippen molar-refractivity contribution in [1.82, 2.24) is 5.32 Å². The van der Waals surface area contributed by atoms with E-state index in [0.717, 1.165) is 25.0 Å². The van der Waals surface area contributed by atoms with Crippen molar-refractivity contribution in [3.05, 3.63) is 29.6 Å². The van der Waals surface area contributed by atoms with Gasteiger partial charge in [-0.15, -0.1) is 0 Å². The molecule has 1 saturated heterocycles. The zero-order valence-electron chi connectivity index (χ0n) is 9.20. The molecule has 4 nitrogen and oxygen atoms in total. The molecule has 0 spiro atoms. The molecule has 5 heteroatoms. The van der Waals surface area contributed by atoms with Crippen LogP contribution in [0.25, 0.3) is 0 Å². The van der Waals surface area contributed by atoms with Crippen LogP contribution < -0.4 is 10.6 Å². The SMILES string of the molecule is O=C1Nc2cc(F)ccc2C(C2CCCO2)N1. The number of urea groups is 1. The maximum atomic E-state index is 13.1. The minimum absolute atomic E-state index is 0.00902. The van der Waals surface area contributed by atoms with Gasteiger partial charge in [0, 0.05) is 12.2 Å². The summed E-state index contributed by atoms with van der Waals surface area (Å²) in [5.41, 5.74) is 1.42. The summed E-state index contributed by atoms with van der Waals surface area (Å²) < 4.78 is 18.7. The lowest BCUT2D eigenvalue weighted by atomic mass is 9.96. The van der Waals surface area contributed by atoms with Gasteiger partial charge in [-0.05, 0) is 25.0 Å². The summed E-state index contributed by atoms with van der Waals surface area (Å²) in [4.78, 5) is 11.5. The number of nitrogens with one attached hydrogen (secondary N) is 2. The molecule has 17 heavy (non-hydrogen) atoms. The first-order valence-electron chi connectivity index (χ1n) is 5.72. The third-order valence-corrected chi connectivity index (χ3v) is 3.22. The summed E-state index contributed by atoms with van der Waals surface area (Å²) in [7, 11) is 0. The van der Waals surface area contributed by atoms with E-state index < -0.39 is 0 Å². The minimum Gasteiger partial charge on any atom is -0.376 e. The van der Waals surface area contributed by atoms with Crippen LogP contribution in [0.4, 0.5) is 14.9 Å². The maximum absolute atomic E-state index is 13.1. The first-order valence-corrected chi connectivity index (χ1v) is 5.72. The van der Waals surface area contributed by atoms with E-state index in [0.29, 0.717) is 5.69 Å². The van der Waals surface area contributed by atoms with Crippen LogP contribution in [-0.2, 0) is 4.74 Å². The molecule has 0 saturated carbocycles. The second-order valence-electron chi connectivity index (χ2n) is 4.36. The molecule has 2 aliphatic heterocycles. The molecular weight excluding hydrogens is 223 g/mol. The Labute approximate surface area is 98.1 Å². The average molecular weight is 236 g/mol. The number of amides is 2. The molecule has 90 valence electrons. The summed E-state index contributed by atoms with van der Waals surface area (Å²) in [6, 6.07) is 3.96. The maximum Gasteiger partial charge on any atom is 0.319 e. The molecule has 1 aromatic rings. The van der Waals surface area contributed by atoms with Crippen LogP contribution >= 0.6 is 0 Å². The van der Waals surface area contributed by atoms with Crippen molar-refractivity contribution in [2.24, 2.45) is 0 Å². The summed E-state index contributed by atoms with van der Waals surface area (Å²) in [5, 5.41) is 5.45. The van der Waals surface area contributed by atoms with Crippen molar-refractivity contribution < 1.29 is 13.9 Å². The Hall–Kier alpha value is -1.62. The number of halogens is 1. The van der Waals surface area contributed by atoms with Gasteiger partial charge < -0.3 is 15.4 Å². The Balaban J connectivity index is 1.98. The van der Waals surface area contributed by atoms with Crippen molar-refractivity contribution in [3.8, 4) is 0 Å². The van der Waals surface area contributed by atoms with Gasteiger partial charge >= 0.3 is 6.03 Å². The number of carbonyl (C=O) groups excluding carboxylic acids is 1. The van der Waals surface area contributed by atoms with Crippen LogP contribution in [-0.4, -0.2) is 18.7 Å². The monoisotopic (exact) mass is 236 g/mol. The smallest absolute Gasteiger partial charge is 0.319 e. The summed E-state index contributed by atoms with van der Waals surface area (Å²) >= 11 is 0. The van der Waals surface area contributed by atoms with E-state index in [-0.39, 0.29) is 24.0 Å². The lowest BCUT2D eigenvalue weighted by Crippen LogP contribution is -2.42. The van der Waals surface area contributed by atoms with Crippen LogP contribution in [0.3, 0.4) is 0 Å². The van der Waals surface area contributed by atoms with Crippen molar-refractivity contribution in [1.29, 1.82) is 0 Å². The van der Waals surface area contributed by atoms with Gasteiger partial charge in [0.15, 0.2) is 0 Å². The highest BCUT2D eigenvalue weighted by Crippen LogP contribution is 2.34. The van der Waals surface area contributed by atoms with Gasteiger partial charge in [0.2, 0.25) is 0 Å². The lowest BCUT2D eigenvalue weighted by Gasteiger charge is -2.30. The van der Waals surface area contributed by atoms with E-state index in [1.165, 1.54) is 12.1 Å². The molecule has 0 radical (unpaired) electrons. The van der Waals surface area contributed by atoms with Gasteiger partial charge in [0.1, 0.15) is 5.82 Å². The number of hydrogen-bond donors (Lipinski definition) is 2. The molecule has 2 aliphatic rings. The molecule has 2 atom stereocenters. The predicted octanol–water partition coefficient (Wildman–Crippen LogP) is 2.18. The molecule has 1 fully saturated rings. The second kappa shape index (κ2) is 4.00. The molecular formula is C12H13FN2O2. The highest BCUT2D eigenvalue weighted by atomic mass is 19.1. The molecule has 2 heterocycles. The summed E-state index contributed by atoms with van der Waals surface area (Å²) in [5.74, 6) is -0.350. The van der Waals surface area contributed by atoms with E-state index in [1.54, 1.807) is 6.07 Å². The molecule has 2 unspecified atom stereocenters. The Morgan fingerprint density at radius 1 is 1.41 bits per heavy atom. The summed E-state index contributed by atoms with van der Waals surface area (Å²) in [6.07, 6.45) is 1.91. The molecule has 1 aromatic carbocycles. The Bertz CT molecular complexity index is 458. The fraction of sp³-hybridized carbons (Fsp3) is 0.417. The highest BCUT2D eigenvalue weighted by Gasteiger charge is 2.33. The lowest BCUT2D eigenvalue weighted by molar-refractivity contribution is 0.0808. The second-order valence-corrected chi connectivity index (χ2v) is 4.36. The van der Waals surface area contributed by atoms with Crippen molar-refractivity contribution in [2.45, 2.75) is 25.0 Å². The van der Waals surface area contributed by atoms with Crippen LogP contribution in [0, 0.1) is 5.82 Å². The number of fused-ring (bicyclic) bond motifs is 1. The number of ether oxygens (including phenoxy) is 1. The van der Waals surface area contributed by atoms with Gasteiger partial charge in [-0.3, -0.25) is 0 Å². The Morgan fingerprint density at radius 3 is 3.06 bits per heavy atom. The third kappa shape index (κ3) is 1.86. The standard InChI is InChI=1S/C12H13FN2O2/c13-7-3-4-8-9(6-7)14-12(16)15-11(8)10-2-1-5-17-10/h3-4,6,10-11H,1-2,5H2,(H2,14,15,16). The number of hydrogen-bond acceptors (Lipinski definition) is 2. The molecule has 2 N–H and O–H groups in total. The van der Waals surface area contributed by atoms with E-state index in [9.17, 15) is 9.18 Å². The quantitative estimate of drug-likeness (QED) is 0.785. The van der Waals surface area contributed by atoms with Crippen molar-refractivity contribution in [3.63, 3.8) is 0 Å². The molecule has 3 rings (SSSR count). The van der Waals surface area contributed by atoms with Crippen LogP contribution in [0.5, 0.6) is 0 Å². The van der Waals surface area contributed by atoms with Gasteiger partial charge in [-0.25, -0.2) is 9.18 Å². The number of rotatable bonds is 1. The van der Waals surface area contributed by atoms with Gasteiger partial charge in [0.25, 0.3) is 0 Å². The van der Waals surface area contributed by atoms with Crippen LogP contribution in [0.1, 0.15) is 24.4 Å². The number of carbonyl (C=O) groups is 1. The van der Waals surface area contributed by atoms with Crippen LogP contribution in [0.15, 0.2) is 18.2 Å². The normalized spacial score (nSPS) is 27.2. The molecule has 0 bridgehead atoms. The van der Waals surface area contributed by atoms with Gasteiger partial charge in [-0.1, -0.05) is 6.07 Å². The van der Waals surface area contributed by atoms with E-state index in [2.05, 4.69) is 10.6 Å². The first-order chi connectivity index (χ1) is 8.24. The molecule has 2 amide bonds. The first kappa shape index (κ1) is 10.5. The number of benzene rings is 1.